The molecule has 1 saturated carbocycles. The molecular formula is C16H22N6OS. The molecular weight excluding hydrogens is 324 g/mol. The molecule has 1 aliphatic rings. The second-order valence-electron chi connectivity index (χ2n) is 6.39. The van der Waals surface area contributed by atoms with Gasteiger partial charge in [-0.3, -0.25) is 5.10 Å². The quantitative estimate of drug-likeness (QED) is 0.691. The van der Waals surface area contributed by atoms with Crippen LogP contribution < -0.4 is 9.44 Å². The molecule has 0 aromatic carbocycles. The fourth-order valence-electron chi connectivity index (χ4n) is 3.02. The maximum absolute atomic E-state index is 9.54. The molecule has 1 fully saturated rings. The van der Waals surface area contributed by atoms with E-state index in [1.165, 1.54) is 0 Å². The van der Waals surface area contributed by atoms with Crippen LogP contribution in [0.1, 0.15) is 56.7 Å². The van der Waals surface area contributed by atoms with E-state index in [1.807, 2.05) is 0 Å². The van der Waals surface area contributed by atoms with Gasteiger partial charge in [-0.2, -0.15) is 10.4 Å². The van der Waals surface area contributed by atoms with Crippen LogP contribution in [-0.2, 0) is 0 Å². The highest BCUT2D eigenvalue weighted by Gasteiger charge is 2.28. The SMILES string of the molecule is CC(C)NSNC1CCC(c2[nH]nc(-c3ccno3)c2C#N)CC1. The predicted molar refractivity (Wildman–Crippen MR) is 92.8 cm³/mol. The highest BCUT2D eigenvalue weighted by Crippen LogP contribution is 2.36. The minimum atomic E-state index is 0.338. The summed E-state index contributed by atoms with van der Waals surface area (Å²) in [5.41, 5.74) is 2.07. The third-order valence-corrected chi connectivity index (χ3v) is 5.27. The Bertz CT molecular complexity index is 682. The van der Waals surface area contributed by atoms with Gasteiger partial charge in [-0.15, -0.1) is 0 Å². The number of rotatable bonds is 6. The van der Waals surface area contributed by atoms with Gasteiger partial charge in [0.1, 0.15) is 17.3 Å². The molecule has 0 atom stereocenters. The lowest BCUT2D eigenvalue weighted by atomic mass is 9.83. The van der Waals surface area contributed by atoms with Crippen molar-refractivity contribution in [3.05, 3.63) is 23.5 Å². The summed E-state index contributed by atoms with van der Waals surface area (Å²) >= 11 is 1.58. The van der Waals surface area contributed by atoms with Crippen LogP contribution in [0.25, 0.3) is 11.5 Å². The van der Waals surface area contributed by atoms with Crippen molar-refractivity contribution < 1.29 is 4.52 Å². The Labute approximate surface area is 145 Å². The summed E-state index contributed by atoms with van der Waals surface area (Å²) in [6, 6.07) is 4.95. The smallest absolute Gasteiger partial charge is 0.188 e. The first kappa shape index (κ1) is 17.0. The second-order valence-corrected chi connectivity index (χ2v) is 7.07. The largest absolute Gasteiger partial charge is 0.355 e. The maximum Gasteiger partial charge on any atom is 0.188 e. The number of nitrogens with one attached hydrogen (secondary N) is 3. The molecule has 0 bridgehead atoms. The van der Waals surface area contributed by atoms with Crippen molar-refractivity contribution in [3.8, 4) is 17.5 Å². The number of nitrogens with zero attached hydrogens (tertiary/aromatic N) is 3. The summed E-state index contributed by atoms with van der Waals surface area (Å²) < 4.78 is 11.9. The lowest BCUT2D eigenvalue weighted by Crippen LogP contribution is -2.32. The summed E-state index contributed by atoms with van der Waals surface area (Å²) in [6.45, 7) is 4.25. The van der Waals surface area contributed by atoms with Crippen LogP contribution in [-0.4, -0.2) is 27.4 Å². The Kier molecular flexibility index (Phi) is 5.56. The van der Waals surface area contributed by atoms with Gasteiger partial charge in [0.15, 0.2) is 5.76 Å². The monoisotopic (exact) mass is 346 g/mol. The van der Waals surface area contributed by atoms with E-state index >= 15 is 0 Å². The molecule has 24 heavy (non-hydrogen) atoms. The Morgan fingerprint density at radius 2 is 2.17 bits per heavy atom. The van der Waals surface area contributed by atoms with Crippen molar-refractivity contribution >= 4 is 12.1 Å². The summed E-state index contributed by atoms with van der Waals surface area (Å²) in [7, 11) is 0. The van der Waals surface area contributed by atoms with Gasteiger partial charge in [-0.1, -0.05) is 5.16 Å². The van der Waals surface area contributed by atoms with Crippen LogP contribution in [0.2, 0.25) is 0 Å². The summed E-state index contributed by atoms with van der Waals surface area (Å²) in [6.07, 6.45) is 5.79. The minimum absolute atomic E-state index is 0.338. The first-order valence-corrected chi connectivity index (χ1v) is 9.07. The van der Waals surface area contributed by atoms with Crippen LogP contribution in [0.15, 0.2) is 16.8 Å². The molecule has 0 aliphatic heterocycles. The van der Waals surface area contributed by atoms with Crippen molar-refractivity contribution in [1.82, 2.24) is 24.8 Å². The molecule has 128 valence electrons. The van der Waals surface area contributed by atoms with Crippen LogP contribution in [0, 0.1) is 11.3 Å². The van der Waals surface area contributed by atoms with E-state index < -0.39 is 0 Å². The number of hydrogen-bond acceptors (Lipinski definition) is 7. The van der Waals surface area contributed by atoms with Gasteiger partial charge in [0.2, 0.25) is 0 Å². The third kappa shape index (κ3) is 3.80. The average Bonchev–Trinajstić information content (AvgIpc) is 3.24. The van der Waals surface area contributed by atoms with E-state index in [-0.39, 0.29) is 0 Å². The Morgan fingerprint density at radius 3 is 2.79 bits per heavy atom. The molecule has 0 spiro atoms. The van der Waals surface area contributed by atoms with E-state index in [0.29, 0.717) is 35.0 Å². The molecule has 2 aromatic heterocycles. The minimum Gasteiger partial charge on any atom is -0.355 e. The summed E-state index contributed by atoms with van der Waals surface area (Å²) in [4.78, 5) is 0. The first-order valence-electron chi connectivity index (χ1n) is 8.25. The van der Waals surface area contributed by atoms with Crippen molar-refractivity contribution in [1.29, 1.82) is 5.26 Å². The van der Waals surface area contributed by atoms with Crippen LogP contribution in [0.5, 0.6) is 0 Å². The Morgan fingerprint density at radius 1 is 1.38 bits per heavy atom. The number of hydrogen-bond donors (Lipinski definition) is 3. The van der Waals surface area contributed by atoms with Gasteiger partial charge in [-0.05, 0) is 39.5 Å². The summed E-state index contributed by atoms with van der Waals surface area (Å²) in [5.74, 6) is 0.866. The Hall–Kier alpha value is -1.82. The van der Waals surface area contributed by atoms with E-state index in [0.717, 1.165) is 31.4 Å². The number of aromatic nitrogens is 3. The van der Waals surface area contributed by atoms with Crippen molar-refractivity contribution in [2.24, 2.45) is 0 Å². The predicted octanol–water partition coefficient (Wildman–Crippen LogP) is 3.11. The van der Waals surface area contributed by atoms with Gasteiger partial charge in [0, 0.05) is 36.2 Å². The molecule has 0 saturated heterocycles. The van der Waals surface area contributed by atoms with E-state index in [9.17, 15) is 5.26 Å². The summed E-state index contributed by atoms with van der Waals surface area (Å²) in [5, 5.41) is 20.6. The molecule has 0 radical (unpaired) electrons. The fourth-order valence-corrected chi connectivity index (χ4v) is 3.72. The van der Waals surface area contributed by atoms with Crippen molar-refractivity contribution in [2.45, 2.75) is 57.5 Å². The highest BCUT2D eigenvalue weighted by molar-refractivity contribution is 7.95. The Balaban J connectivity index is 1.62. The fraction of sp³-hybridized carbons (Fsp3) is 0.562. The molecule has 0 amide bonds. The number of nitriles is 1. The van der Waals surface area contributed by atoms with Gasteiger partial charge in [0.25, 0.3) is 0 Å². The maximum atomic E-state index is 9.54. The second kappa shape index (κ2) is 7.83. The number of aromatic amines is 1. The highest BCUT2D eigenvalue weighted by atomic mass is 32.2. The average molecular weight is 346 g/mol. The third-order valence-electron chi connectivity index (χ3n) is 4.23. The van der Waals surface area contributed by atoms with Crippen LogP contribution in [0.4, 0.5) is 0 Å². The molecule has 1 aliphatic carbocycles. The molecule has 7 nitrogen and oxygen atoms in total. The lowest BCUT2D eigenvalue weighted by molar-refractivity contribution is 0.376. The first-order chi connectivity index (χ1) is 11.7. The van der Waals surface area contributed by atoms with Crippen molar-refractivity contribution in [3.63, 3.8) is 0 Å². The molecule has 2 aromatic rings. The zero-order valence-electron chi connectivity index (χ0n) is 13.9. The van der Waals surface area contributed by atoms with Gasteiger partial charge in [-0.25, -0.2) is 9.44 Å². The zero-order chi connectivity index (χ0) is 16.9. The molecule has 8 heteroatoms. The van der Waals surface area contributed by atoms with Gasteiger partial charge in [0.05, 0.1) is 11.9 Å². The van der Waals surface area contributed by atoms with Gasteiger partial charge < -0.3 is 4.52 Å². The molecule has 0 unspecified atom stereocenters. The van der Waals surface area contributed by atoms with E-state index in [4.69, 9.17) is 4.52 Å². The van der Waals surface area contributed by atoms with E-state index in [1.54, 1.807) is 24.4 Å². The van der Waals surface area contributed by atoms with Crippen LogP contribution in [0.3, 0.4) is 0 Å². The van der Waals surface area contributed by atoms with Crippen molar-refractivity contribution in [2.75, 3.05) is 0 Å². The van der Waals surface area contributed by atoms with Crippen LogP contribution >= 0.6 is 12.1 Å². The lowest BCUT2D eigenvalue weighted by Gasteiger charge is -2.28. The topological polar surface area (TPSA) is 103 Å². The molecule has 3 N–H and O–H groups in total. The van der Waals surface area contributed by atoms with E-state index in [2.05, 4.69) is 44.7 Å². The molecule has 3 rings (SSSR count). The molecule has 2 heterocycles. The standard InChI is InChI=1S/C16H22N6OS/c1-10(2)21-24-22-12-5-3-11(4-6-12)15-13(9-17)16(20-19-15)14-7-8-18-23-14/h7-8,10-12,21-22H,3-6H2,1-2H3,(H,19,20). The number of H-pyrrole nitrogens is 1. The zero-order valence-corrected chi connectivity index (χ0v) is 14.7. The normalized spacial score (nSPS) is 21.1. The van der Waals surface area contributed by atoms with Gasteiger partial charge >= 0.3 is 0 Å².